The van der Waals surface area contributed by atoms with Crippen molar-refractivity contribution in [3.63, 3.8) is 0 Å². The third kappa shape index (κ3) is 3.35. The van der Waals surface area contributed by atoms with Gasteiger partial charge in [-0.05, 0) is 19.4 Å². The third-order valence-electron chi connectivity index (χ3n) is 1.44. The van der Waals surface area contributed by atoms with Gasteiger partial charge in [-0.15, -0.1) is 0 Å². The van der Waals surface area contributed by atoms with Crippen molar-refractivity contribution in [3.8, 4) is 0 Å². The summed E-state index contributed by atoms with van der Waals surface area (Å²) in [6, 6.07) is 0. The van der Waals surface area contributed by atoms with Crippen LogP contribution in [0, 0.1) is 0 Å². The molecule has 0 aliphatic carbocycles. The van der Waals surface area contributed by atoms with Crippen molar-refractivity contribution in [2.45, 2.75) is 13.8 Å². The standard InChI is InChI=1S/C8H15N3/c1-6(7(2)10)8(3)11-5-4-9/h4-5,11H,2,9-10H2,1,3H3/b5-4?,8-6-. The van der Waals surface area contributed by atoms with Gasteiger partial charge in [0.05, 0.1) is 0 Å². The first kappa shape index (κ1) is 9.62. The summed E-state index contributed by atoms with van der Waals surface area (Å²) in [6.07, 6.45) is 3.07. The predicted octanol–water partition coefficient (Wildman–Crippen LogP) is 0.772. The van der Waals surface area contributed by atoms with Crippen LogP contribution < -0.4 is 16.8 Å². The fourth-order valence-corrected chi connectivity index (χ4v) is 0.522. The minimum Gasteiger partial charge on any atom is -0.403 e. The van der Waals surface area contributed by atoms with E-state index in [9.17, 15) is 0 Å². The highest BCUT2D eigenvalue weighted by atomic mass is 14.9. The molecule has 0 spiro atoms. The Morgan fingerprint density at radius 1 is 1.45 bits per heavy atom. The van der Waals surface area contributed by atoms with Crippen LogP contribution in [0.5, 0.6) is 0 Å². The molecule has 0 saturated carbocycles. The van der Waals surface area contributed by atoms with Crippen LogP contribution in [0.4, 0.5) is 0 Å². The number of hydrogen-bond donors (Lipinski definition) is 3. The second-order valence-electron chi connectivity index (χ2n) is 2.28. The normalized spacial score (nSPS) is 12.9. The average Bonchev–Trinajstić information content (AvgIpc) is 1.98. The molecule has 0 aromatic heterocycles. The molecule has 3 heteroatoms. The Bertz CT molecular complexity index is 201. The first-order chi connectivity index (χ1) is 5.09. The van der Waals surface area contributed by atoms with Crippen molar-refractivity contribution >= 4 is 0 Å². The first-order valence-corrected chi connectivity index (χ1v) is 3.35. The van der Waals surface area contributed by atoms with Crippen LogP contribution in [0.3, 0.4) is 0 Å². The minimum absolute atomic E-state index is 0.570. The number of nitrogens with one attached hydrogen (secondary N) is 1. The van der Waals surface area contributed by atoms with Crippen LogP contribution in [0.1, 0.15) is 13.8 Å². The molecule has 0 fully saturated rings. The fraction of sp³-hybridized carbons (Fsp3) is 0.250. The molecule has 0 aliphatic rings. The molecule has 0 rings (SSSR count). The van der Waals surface area contributed by atoms with E-state index < -0.39 is 0 Å². The van der Waals surface area contributed by atoms with Crippen LogP contribution in [-0.2, 0) is 0 Å². The Hall–Kier alpha value is -1.38. The molecule has 62 valence electrons. The van der Waals surface area contributed by atoms with Gasteiger partial charge in [0.2, 0.25) is 0 Å². The number of allylic oxidation sites excluding steroid dienone is 2. The fourth-order valence-electron chi connectivity index (χ4n) is 0.522. The van der Waals surface area contributed by atoms with Gasteiger partial charge in [0.1, 0.15) is 0 Å². The van der Waals surface area contributed by atoms with E-state index in [1.54, 1.807) is 6.20 Å². The zero-order chi connectivity index (χ0) is 8.85. The van der Waals surface area contributed by atoms with Gasteiger partial charge in [0.15, 0.2) is 0 Å². The number of nitrogens with two attached hydrogens (primary N) is 2. The van der Waals surface area contributed by atoms with Crippen molar-refractivity contribution in [3.05, 3.63) is 35.9 Å². The Labute approximate surface area is 67.5 Å². The molecular weight excluding hydrogens is 138 g/mol. The second kappa shape index (κ2) is 4.44. The summed E-state index contributed by atoms with van der Waals surface area (Å²) in [5.41, 5.74) is 13.1. The summed E-state index contributed by atoms with van der Waals surface area (Å²) < 4.78 is 0. The van der Waals surface area contributed by atoms with Crippen molar-refractivity contribution in [2.75, 3.05) is 0 Å². The largest absolute Gasteiger partial charge is 0.403 e. The molecule has 11 heavy (non-hydrogen) atoms. The highest BCUT2D eigenvalue weighted by Gasteiger charge is 1.94. The summed E-state index contributed by atoms with van der Waals surface area (Å²) >= 11 is 0. The molecule has 0 saturated heterocycles. The Morgan fingerprint density at radius 3 is 2.36 bits per heavy atom. The highest BCUT2D eigenvalue weighted by Crippen LogP contribution is 2.04. The number of hydrogen-bond acceptors (Lipinski definition) is 3. The quantitative estimate of drug-likeness (QED) is 0.525. The van der Waals surface area contributed by atoms with Crippen LogP contribution in [0.2, 0.25) is 0 Å². The molecule has 0 aromatic rings. The maximum Gasteiger partial charge on any atom is 0.0288 e. The van der Waals surface area contributed by atoms with E-state index in [0.717, 1.165) is 11.3 Å². The lowest BCUT2D eigenvalue weighted by Gasteiger charge is -2.05. The zero-order valence-corrected chi connectivity index (χ0v) is 7.02. The smallest absolute Gasteiger partial charge is 0.0288 e. The molecule has 0 aromatic carbocycles. The van der Waals surface area contributed by atoms with E-state index >= 15 is 0 Å². The van der Waals surface area contributed by atoms with E-state index in [4.69, 9.17) is 11.5 Å². The van der Waals surface area contributed by atoms with Gasteiger partial charge in [-0.25, -0.2) is 0 Å². The maximum absolute atomic E-state index is 5.46. The van der Waals surface area contributed by atoms with E-state index in [1.165, 1.54) is 6.20 Å². The minimum atomic E-state index is 0.570. The molecule has 0 aliphatic heterocycles. The molecule has 0 atom stereocenters. The summed E-state index contributed by atoms with van der Waals surface area (Å²) in [7, 11) is 0. The van der Waals surface area contributed by atoms with Gasteiger partial charge in [-0.1, -0.05) is 6.58 Å². The van der Waals surface area contributed by atoms with Crippen LogP contribution in [0.15, 0.2) is 35.9 Å². The maximum atomic E-state index is 5.46. The summed E-state index contributed by atoms with van der Waals surface area (Å²) in [4.78, 5) is 0. The van der Waals surface area contributed by atoms with Crippen molar-refractivity contribution < 1.29 is 0 Å². The molecule has 0 bridgehead atoms. The molecule has 0 amide bonds. The van der Waals surface area contributed by atoms with Gasteiger partial charge in [-0.3, -0.25) is 0 Å². The highest BCUT2D eigenvalue weighted by molar-refractivity contribution is 5.27. The van der Waals surface area contributed by atoms with Gasteiger partial charge in [-0.2, -0.15) is 0 Å². The van der Waals surface area contributed by atoms with Crippen LogP contribution in [0.25, 0.3) is 0 Å². The van der Waals surface area contributed by atoms with Gasteiger partial charge < -0.3 is 16.8 Å². The van der Waals surface area contributed by atoms with E-state index in [0.29, 0.717) is 5.70 Å². The lowest BCUT2D eigenvalue weighted by atomic mass is 10.2. The lowest BCUT2D eigenvalue weighted by Crippen LogP contribution is -2.08. The Kier molecular flexibility index (Phi) is 3.88. The average molecular weight is 153 g/mol. The molecule has 0 radical (unpaired) electrons. The molecule has 0 heterocycles. The topological polar surface area (TPSA) is 64.1 Å². The van der Waals surface area contributed by atoms with Gasteiger partial charge >= 0.3 is 0 Å². The van der Waals surface area contributed by atoms with Gasteiger partial charge in [0.25, 0.3) is 0 Å². The van der Waals surface area contributed by atoms with Crippen molar-refractivity contribution in [1.29, 1.82) is 0 Å². The molecule has 0 unspecified atom stereocenters. The Balaban J connectivity index is 4.28. The predicted molar refractivity (Wildman–Crippen MR) is 48.2 cm³/mol. The van der Waals surface area contributed by atoms with Crippen molar-refractivity contribution in [2.24, 2.45) is 11.5 Å². The summed E-state index contributed by atoms with van der Waals surface area (Å²) in [5.74, 6) is 0. The monoisotopic (exact) mass is 153 g/mol. The Morgan fingerprint density at radius 2 is 2.00 bits per heavy atom. The third-order valence-corrected chi connectivity index (χ3v) is 1.44. The van der Waals surface area contributed by atoms with E-state index in [2.05, 4.69) is 11.9 Å². The van der Waals surface area contributed by atoms with E-state index in [1.807, 2.05) is 13.8 Å². The molecule has 3 nitrogen and oxygen atoms in total. The van der Waals surface area contributed by atoms with Crippen LogP contribution in [-0.4, -0.2) is 0 Å². The van der Waals surface area contributed by atoms with Crippen LogP contribution >= 0.6 is 0 Å². The molecule has 5 N–H and O–H groups in total. The van der Waals surface area contributed by atoms with Crippen molar-refractivity contribution in [1.82, 2.24) is 5.32 Å². The zero-order valence-electron chi connectivity index (χ0n) is 7.02. The molecular formula is C8H15N3. The number of rotatable bonds is 3. The summed E-state index contributed by atoms with van der Waals surface area (Å²) in [6.45, 7) is 7.42. The second-order valence-corrected chi connectivity index (χ2v) is 2.28. The summed E-state index contributed by atoms with van der Waals surface area (Å²) in [5, 5.41) is 2.95. The van der Waals surface area contributed by atoms with E-state index in [-0.39, 0.29) is 0 Å². The SMILES string of the molecule is C=C(N)/C(C)=C(/C)NC=CN. The first-order valence-electron chi connectivity index (χ1n) is 3.35. The lowest BCUT2D eigenvalue weighted by molar-refractivity contribution is 1.01. The van der Waals surface area contributed by atoms with Gasteiger partial charge in [0, 0.05) is 23.8 Å².